The second kappa shape index (κ2) is 6.41. The highest BCUT2D eigenvalue weighted by Crippen LogP contribution is 2.29. The van der Waals surface area contributed by atoms with Gasteiger partial charge in [-0.1, -0.05) is 6.07 Å². The highest BCUT2D eigenvalue weighted by molar-refractivity contribution is 7.16. The maximum absolute atomic E-state index is 12.2. The molecule has 0 atom stereocenters. The number of Topliss-reactive ketones (excluding diaryl/α,β-unsaturated/α-hetero) is 1. The third-order valence-electron chi connectivity index (χ3n) is 3.83. The number of benzene rings is 1. The number of thiazole rings is 2. The highest BCUT2D eigenvalue weighted by atomic mass is 32.1. The minimum atomic E-state index is -0.240. The lowest BCUT2D eigenvalue weighted by Gasteiger charge is -2.38. The number of para-hydroxylation sites is 1. The van der Waals surface area contributed by atoms with Gasteiger partial charge in [0.1, 0.15) is 23.1 Å². The fourth-order valence-corrected chi connectivity index (χ4v) is 3.91. The number of nitrogens with zero attached hydrogens (tertiary/aromatic N) is 3. The van der Waals surface area contributed by atoms with Crippen molar-refractivity contribution < 1.29 is 14.3 Å². The Balaban J connectivity index is 1.33. The Morgan fingerprint density at radius 2 is 2.16 bits per heavy atom. The molecule has 3 heterocycles. The zero-order valence-corrected chi connectivity index (χ0v) is 14.9. The third-order valence-corrected chi connectivity index (χ3v) is 5.38. The quantitative estimate of drug-likeness (QED) is 0.709. The van der Waals surface area contributed by atoms with Crippen LogP contribution in [0.4, 0.5) is 9.93 Å². The van der Waals surface area contributed by atoms with Crippen LogP contribution < -0.4 is 10.1 Å². The van der Waals surface area contributed by atoms with E-state index in [4.69, 9.17) is 4.74 Å². The summed E-state index contributed by atoms with van der Waals surface area (Å²) in [4.78, 5) is 33.4. The number of ketones is 1. The molecule has 1 aliphatic heterocycles. The number of amides is 2. The van der Waals surface area contributed by atoms with Crippen LogP contribution in [0.5, 0.6) is 5.75 Å². The van der Waals surface area contributed by atoms with Crippen molar-refractivity contribution >= 4 is 49.8 Å². The Hall–Kier alpha value is -2.52. The number of carbonyl (C=O) groups is 2. The molecular formula is C16H14N4O3S2. The lowest BCUT2D eigenvalue weighted by molar-refractivity contribution is 0.0502. The molecule has 0 bridgehead atoms. The van der Waals surface area contributed by atoms with Crippen molar-refractivity contribution in [2.75, 3.05) is 18.4 Å². The average Bonchev–Trinajstić information content (AvgIpc) is 3.19. The first-order chi connectivity index (χ1) is 12.1. The summed E-state index contributed by atoms with van der Waals surface area (Å²) in [5, 5.41) is 4.76. The van der Waals surface area contributed by atoms with Crippen molar-refractivity contribution in [3.8, 4) is 5.75 Å². The molecule has 1 saturated heterocycles. The predicted octanol–water partition coefficient (Wildman–Crippen LogP) is 3.25. The molecule has 0 spiro atoms. The molecule has 1 aromatic carbocycles. The molecule has 1 N–H and O–H groups in total. The second-order valence-electron chi connectivity index (χ2n) is 5.62. The van der Waals surface area contributed by atoms with Crippen LogP contribution in [0.2, 0.25) is 0 Å². The van der Waals surface area contributed by atoms with Gasteiger partial charge in [0, 0.05) is 12.3 Å². The molecule has 7 nitrogen and oxygen atoms in total. The average molecular weight is 374 g/mol. The first kappa shape index (κ1) is 16.0. The topological polar surface area (TPSA) is 84.4 Å². The number of aromatic nitrogens is 2. The number of hydrogen-bond acceptors (Lipinski definition) is 7. The summed E-state index contributed by atoms with van der Waals surface area (Å²) in [6.45, 7) is 2.44. The minimum absolute atomic E-state index is 0.0536. The van der Waals surface area contributed by atoms with Gasteiger partial charge in [-0.2, -0.15) is 0 Å². The van der Waals surface area contributed by atoms with E-state index in [0.717, 1.165) is 16.0 Å². The first-order valence-electron chi connectivity index (χ1n) is 7.61. The van der Waals surface area contributed by atoms with Gasteiger partial charge < -0.3 is 9.64 Å². The van der Waals surface area contributed by atoms with Crippen LogP contribution in [0.25, 0.3) is 10.2 Å². The third kappa shape index (κ3) is 3.20. The Bertz CT molecular complexity index is 946. The summed E-state index contributed by atoms with van der Waals surface area (Å²) in [5.74, 6) is 0.625. The largest absolute Gasteiger partial charge is 0.484 e. The van der Waals surface area contributed by atoms with E-state index in [-0.39, 0.29) is 17.9 Å². The number of rotatable bonds is 4. The number of likely N-dealkylation sites (tertiary alicyclic amines) is 1. The molecule has 2 amide bonds. The second-order valence-corrected chi connectivity index (χ2v) is 7.37. The van der Waals surface area contributed by atoms with Crippen molar-refractivity contribution in [3.63, 3.8) is 0 Å². The normalized spacial score (nSPS) is 14.4. The summed E-state index contributed by atoms with van der Waals surface area (Å²) in [7, 11) is 0. The van der Waals surface area contributed by atoms with Crippen LogP contribution in [0, 0.1) is 0 Å². The van der Waals surface area contributed by atoms with Gasteiger partial charge in [0.05, 0.1) is 23.3 Å². The summed E-state index contributed by atoms with van der Waals surface area (Å²) in [6.07, 6.45) is -0.0536. The van der Waals surface area contributed by atoms with Gasteiger partial charge in [0.2, 0.25) is 0 Å². The van der Waals surface area contributed by atoms with E-state index in [1.54, 1.807) is 27.1 Å². The standard InChI is InChI=1S/C16H14N4O3S2/c1-9(21)11-7-24-15(18-11)19-16(22)20-5-10(6-20)23-12-3-2-4-13-14(12)17-8-25-13/h2-4,7-8,10H,5-6H2,1H3,(H,18,19,22). The molecule has 0 aliphatic carbocycles. The van der Waals surface area contributed by atoms with Gasteiger partial charge in [-0.3, -0.25) is 10.1 Å². The van der Waals surface area contributed by atoms with Gasteiger partial charge in [0.25, 0.3) is 0 Å². The SMILES string of the molecule is CC(=O)c1csc(NC(=O)N2CC(Oc3cccc4scnc34)C2)n1. The van der Waals surface area contributed by atoms with Gasteiger partial charge >= 0.3 is 6.03 Å². The molecule has 9 heteroatoms. The lowest BCUT2D eigenvalue weighted by Crippen LogP contribution is -2.57. The Kier molecular flexibility index (Phi) is 4.10. The van der Waals surface area contributed by atoms with Gasteiger partial charge in [-0.25, -0.2) is 14.8 Å². The zero-order valence-electron chi connectivity index (χ0n) is 13.3. The van der Waals surface area contributed by atoms with Crippen LogP contribution in [-0.2, 0) is 0 Å². The van der Waals surface area contributed by atoms with E-state index in [9.17, 15) is 9.59 Å². The van der Waals surface area contributed by atoms with Crippen LogP contribution >= 0.6 is 22.7 Å². The highest BCUT2D eigenvalue weighted by Gasteiger charge is 2.33. The van der Waals surface area contributed by atoms with Gasteiger partial charge in [-0.05, 0) is 12.1 Å². The van der Waals surface area contributed by atoms with Gasteiger partial charge in [0.15, 0.2) is 10.9 Å². The number of anilines is 1. The van der Waals surface area contributed by atoms with Gasteiger partial charge in [-0.15, -0.1) is 22.7 Å². The molecule has 128 valence electrons. The molecule has 0 radical (unpaired) electrons. The lowest BCUT2D eigenvalue weighted by atomic mass is 10.2. The predicted molar refractivity (Wildman–Crippen MR) is 96.7 cm³/mol. The van der Waals surface area contributed by atoms with Crippen molar-refractivity contribution in [1.29, 1.82) is 0 Å². The number of nitrogens with one attached hydrogen (secondary N) is 1. The van der Waals surface area contributed by atoms with Crippen LogP contribution in [0.3, 0.4) is 0 Å². The maximum atomic E-state index is 12.2. The van der Waals surface area contributed by atoms with E-state index >= 15 is 0 Å². The van der Waals surface area contributed by atoms with Crippen LogP contribution in [0.15, 0.2) is 29.1 Å². The smallest absolute Gasteiger partial charge is 0.323 e. The number of ether oxygens (including phenoxy) is 1. The molecule has 1 fully saturated rings. The molecule has 2 aromatic heterocycles. The molecule has 0 unspecified atom stereocenters. The molecule has 3 aromatic rings. The van der Waals surface area contributed by atoms with E-state index < -0.39 is 0 Å². The van der Waals surface area contributed by atoms with E-state index in [0.29, 0.717) is 23.9 Å². The van der Waals surface area contributed by atoms with Crippen LogP contribution in [-0.4, -0.2) is 45.9 Å². The monoisotopic (exact) mass is 374 g/mol. The van der Waals surface area contributed by atoms with Crippen LogP contribution in [0.1, 0.15) is 17.4 Å². The molecule has 0 saturated carbocycles. The van der Waals surface area contributed by atoms with Crippen molar-refractivity contribution in [2.24, 2.45) is 0 Å². The van der Waals surface area contributed by atoms with Crippen molar-refractivity contribution in [3.05, 3.63) is 34.8 Å². The summed E-state index contributed by atoms with van der Waals surface area (Å²) >= 11 is 2.80. The summed E-state index contributed by atoms with van der Waals surface area (Å²) in [6, 6.07) is 5.60. The van der Waals surface area contributed by atoms with E-state index in [1.807, 2.05) is 18.2 Å². The maximum Gasteiger partial charge on any atom is 0.323 e. The fourth-order valence-electron chi connectivity index (χ4n) is 2.48. The van der Waals surface area contributed by atoms with Crippen molar-refractivity contribution in [1.82, 2.24) is 14.9 Å². The molecule has 25 heavy (non-hydrogen) atoms. The van der Waals surface area contributed by atoms with E-state index in [2.05, 4.69) is 15.3 Å². The Morgan fingerprint density at radius 3 is 2.92 bits per heavy atom. The molecule has 4 rings (SSSR count). The Morgan fingerprint density at radius 1 is 1.32 bits per heavy atom. The molecule has 1 aliphatic rings. The number of carbonyl (C=O) groups excluding carboxylic acids is 2. The number of urea groups is 1. The zero-order chi connectivity index (χ0) is 17.4. The summed E-state index contributed by atoms with van der Waals surface area (Å²) < 4.78 is 7.03. The fraction of sp³-hybridized carbons (Fsp3) is 0.250. The minimum Gasteiger partial charge on any atom is -0.484 e. The van der Waals surface area contributed by atoms with Crippen molar-refractivity contribution in [2.45, 2.75) is 13.0 Å². The van der Waals surface area contributed by atoms with E-state index in [1.165, 1.54) is 18.3 Å². The summed E-state index contributed by atoms with van der Waals surface area (Å²) in [5.41, 5.74) is 3.01. The molecular weight excluding hydrogens is 360 g/mol. The number of hydrogen-bond donors (Lipinski definition) is 1. The number of fused-ring (bicyclic) bond motifs is 1. The Labute approximate surface area is 151 Å². The first-order valence-corrected chi connectivity index (χ1v) is 9.37.